The number of methoxy groups -OCH3 is 2. The zero-order chi connectivity index (χ0) is 16.7. The van der Waals surface area contributed by atoms with Crippen LogP contribution in [0.15, 0.2) is 48.5 Å². The van der Waals surface area contributed by atoms with Gasteiger partial charge in [-0.15, -0.1) is 0 Å². The van der Waals surface area contributed by atoms with Crippen molar-refractivity contribution < 1.29 is 19.1 Å². The third kappa shape index (κ3) is 4.82. The maximum absolute atomic E-state index is 12.3. The molecule has 0 spiro atoms. The number of nitrogens with one attached hydrogen (secondary N) is 2. The van der Waals surface area contributed by atoms with Gasteiger partial charge in [-0.1, -0.05) is 12.1 Å². The van der Waals surface area contributed by atoms with Gasteiger partial charge in [0.15, 0.2) is 0 Å². The van der Waals surface area contributed by atoms with E-state index in [9.17, 15) is 9.59 Å². The fourth-order valence-corrected chi connectivity index (χ4v) is 1.97. The normalized spacial score (nSPS) is 10.0. The van der Waals surface area contributed by atoms with Crippen molar-refractivity contribution in [3.05, 3.63) is 54.1 Å². The number of ether oxygens (including phenoxy) is 2. The Bertz CT molecular complexity index is 700. The average molecular weight is 314 g/mol. The highest BCUT2D eigenvalue weighted by atomic mass is 16.5. The highest BCUT2D eigenvalue weighted by Gasteiger charge is 2.09. The first-order valence-corrected chi connectivity index (χ1v) is 6.96. The monoisotopic (exact) mass is 314 g/mol. The molecule has 2 aromatic carbocycles. The van der Waals surface area contributed by atoms with Crippen molar-refractivity contribution in [1.82, 2.24) is 0 Å². The lowest BCUT2D eigenvalue weighted by atomic mass is 10.1. The summed E-state index contributed by atoms with van der Waals surface area (Å²) in [7, 11) is 3.00. The molecule has 0 aliphatic rings. The van der Waals surface area contributed by atoms with Crippen LogP contribution < -0.4 is 15.4 Å². The van der Waals surface area contributed by atoms with Gasteiger partial charge in [0, 0.05) is 30.1 Å². The van der Waals surface area contributed by atoms with Crippen LogP contribution in [0.25, 0.3) is 0 Å². The molecule has 0 aliphatic carbocycles. The highest BCUT2D eigenvalue weighted by molar-refractivity contribution is 6.05. The van der Waals surface area contributed by atoms with Crippen molar-refractivity contribution in [3.63, 3.8) is 0 Å². The van der Waals surface area contributed by atoms with Crippen LogP contribution in [-0.2, 0) is 9.53 Å². The molecule has 6 nitrogen and oxygen atoms in total. The van der Waals surface area contributed by atoms with Crippen LogP contribution in [0.4, 0.5) is 11.4 Å². The molecule has 0 bridgehead atoms. The van der Waals surface area contributed by atoms with E-state index in [-0.39, 0.29) is 18.4 Å². The molecule has 23 heavy (non-hydrogen) atoms. The molecule has 0 aliphatic heterocycles. The first kappa shape index (κ1) is 16.5. The third-order valence-electron chi connectivity index (χ3n) is 3.01. The molecule has 2 N–H and O–H groups in total. The summed E-state index contributed by atoms with van der Waals surface area (Å²) in [6.45, 7) is -0.0414. The number of anilines is 2. The summed E-state index contributed by atoms with van der Waals surface area (Å²) < 4.78 is 9.87. The third-order valence-corrected chi connectivity index (χ3v) is 3.01. The van der Waals surface area contributed by atoms with Crippen molar-refractivity contribution in [1.29, 1.82) is 0 Å². The van der Waals surface area contributed by atoms with E-state index in [1.807, 2.05) is 0 Å². The number of benzene rings is 2. The zero-order valence-electron chi connectivity index (χ0n) is 13.0. The van der Waals surface area contributed by atoms with Gasteiger partial charge >= 0.3 is 0 Å². The van der Waals surface area contributed by atoms with Gasteiger partial charge in [0.05, 0.1) is 7.11 Å². The van der Waals surface area contributed by atoms with Gasteiger partial charge in [-0.05, 0) is 30.3 Å². The predicted molar refractivity (Wildman–Crippen MR) is 87.9 cm³/mol. The fourth-order valence-electron chi connectivity index (χ4n) is 1.97. The quantitative estimate of drug-likeness (QED) is 0.859. The second-order valence-corrected chi connectivity index (χ2v) is 4.75. The summed E-state index contributed by atoms with van der Waals surface area (Å²) in [6, 6.07) is 13.7. The first-order chi connectivity index (χ1) is 11.1. The topological polar surface area (TPSA) is 76.7 Å². The summed E-state index contributed by atoms with van der Waals surface area (Å²) in [6.07, 6.45) is 0. The van der Waals surface area contributed by atoms with E-state index in [2.05, 4.69) is 10.6 Å². The molecule has 2 rings (SSSR count). The van der Waals surface area contributed by atoms with Crippen molar-refractivity contribution in [2.45, 2.75) is 0 Å². The molecule has 0 heterocycles. The summed E-state index contributed by atoms with van der Waals surface area (Å²) >= 11 is 0. The van der Waals surface area contributed by atoms with Crippen LogP contribution in [0.5, 0.6) is 5.75 Å². The van der Waals surface area contributed by atoms with Gasteiger partial charge in [-0.2, -0.15) is 0 Å². The molecule has 2 aromatic rings. The number of carbonyl (C=O) groups excluding carboxylic acids is 2. The van der Waals surface area contributed by atoms with E-state index in [0.717, 1.165) is 0 Å². The maximum Gasteiger partial charge on any atom is 0.255 e. The van der Waals surface area contributed by atoms with Gasteiger partial charge < -0.3 is 20.1 Å². The molecule has 6 heteroatoms. The summed E-state index contributed by atoms with van der Waals surface area (Å²) in [5, 5.41) is 5.44. The van der Waals surface area contributed by atoms with Crippen LogP contribution >= 0.6 is 0 Å². The maximum atomic E-state index is 12.3. The molecule has 0 unspecified atom stereocenters. The molecule has 2 amide bonds. The van der Waals surface area contributed by atoms with Crippen LogP contribution in [0.2, 0.25) is 0 Å². The van der Waals surface area contributed by atoms with Crippen molar-refractivity contribution in [2.24, 2.45) is 0 Å². The molecule has 0 radical (unpaired) electrons. The van der Waals surface area contributed by atoms with Crippen molar-refractivity contribution in [2.75, 3.05) is 31.5 Å². The number of amides is 2. The van der Waals surface area contributed by atoms with Crippen molar-refractivity contribution in [3.8, 4) is 5.75 Å². The largest absolute Gasteiger partial charge is 0.497 e. The van der Waals surface area contributed by atoms with Crippen LogP contribution in [-0.4, -0.2) is 32.6 Å². The van der Waals surface area contributed by atoms with Gasteiger partial charge in [-0.3, -0.25) is 9.59 Å². The van der Waals surface area contributed by atoms with E-state index in [1.54, 1.807) is 55.6 Å². The van der Waals surface area contributed by atoms with Gasteiger partial charge in [0.1, 0.15) is 12.4 Å². The lowest BCUT2D eigenvalue weighted by Gasteiger charge is -2.09. The molecule has 0 atom stereocenters. The van der Waals surface area contributed by atoms with Gasteiger partial charge in [-0.25, -0.2) is 0 Å². The Labute approximate surface area is 134 Å². The molecule has 0 aromatic heterocycles. The lowest BCUT2D eigenvalue weighted by Crippen LogP contribution is -2.18. The van der Waals surface area contributed by atoms with E-state index < -0.39 is 0 Å². The molecular weight excluding hydrogens is 296 g/mol. The summed E-state index contributed by atoms with van der Waals surface area (Å²) in [4.78, 5) is 23.8. The smallest absolute Gasteiger partial charge is 0.255 e. The molecular formula is C17H18N2O4. The molecule has 0 fully saturated rings. The fraction of sp³-hybridized carbons (Fsp3) is 0.176. The second kappa shape index (κ2) is 7.95. The Hall–Kier alpha value is -2.86. The summed E-state index contributed by atoms with van der Waals surface area (Å²) in [5.74, 6) is 0.0994. The first-order valence-electron chi connectivity index (χ1n) is 6.96. The minimum absolute atomic E-state index is 0.0414. The highest BCUT2D eigenvalue weighted by Crippen LogP contribution is 2.18. The number of rotatable bonds is 6. The molecule has 0 saturated carbocycles. The molecule has 120 valence electrons. The van der Waals surface area contributed by atoms with Gasteiger partial charge in [0.25, 0.3) is 5.91 Å². The summed E-state index contributed by atoms with van der Waals surface area (Å²) in [5.41, 5.74) is 1.59. The Morgan fingerprint density at radius 1 is 0.957 bits per heavy atom. The predicted octanol–water partition coefficient (Wildman–Crippen LogP) is 2.53. The Balaban J connectivity index is 2.08. The number of hydrogen-bond donors (Lipinski definition) is 2. The minimum atomic E-state index is -0.280. The number of hydrogen-bond acceptors (Lipinski definition) is 4. The standard InChI is InChI=1S/C17H18N2O4/c1-22-11-16(20)18-13-6-3-5-12(9-13)17(21)19-14-7-4-8-15(10-14)23-2/h3-10H,11H2,1-2H3,(H,18,20)(H,19,21). The van der Waals surface area contributed by atoms with Crippen molar-refractivity contribution >= 4 is 23.2 Å². The lowest BCUT2D eigenvalue weighted by molar-refractivity contribution is -0.119. The number of carbonyl (C=O) groups is 2. The van der Waals surface area contributed by atoms with Crippen LogP contribution in [0.1, 0.15) is 10.4 Å². The second-order valence-electron chi connectivity index (χ2n) is 4.75. The minimum Gasteiger partial charge on any atom is -0.497 e. The van der Waals surface area contributed by atoms with Crippen LogP contribution in [0, 0.1) is 0 Å². The Morgan fingerprint density at radius 2 is 1.65 bits per heavy atom. The SMILES string of the molecule is COCC(=O)Nc1cccc(C(=O)Nc2cccc(OC)c2)c1. The van der Waals surface area contributed by atoms with E-state index in [4.69, 9.17) is 9.47 Å². The average Bonchev–Trinajstić information content (AvgIpc) is 2.55. The van der Waals surface area contributed by atoms with E-state index in [0.29, 0.717) is 22.7 Å². The van der Waals surface area contributed by atoms with Gasteiger partial charge in [0.2, 0.25) is 5.91 Å². The van der Waals surface area contributed by atoms with E-state index >= 15 is 0 Å². The molecule has 0 saturated heterocycles. The van der Waals surface area contributed by atoms with Crippen LogP contribution in [0.3, 0.4) is 0 Å². The Morgan fingerprint density at radius 3 is 2.35 bits per heavy atom. The Kier molecular flexibility index (Phi) is 5.71. The van der Waals surface area contributed by atoms with E-state index in [1.165, 1.54) is 7.11 Å². The zero-order valence-corrected chi connectivity index (χ0v) is 13.0.